The molecule has 0 aliphatic heterocycles. The van der Waals surface area contributed by atoms with Crippen LogP contribution in [0.15, 0.2) is 30.3 Å². The molecule has 0 saturated heterocycles. The number of benzene rings is 1. The second kappa shape index (κ2) is 6.76. The summed E-state index contributed by atoms with van der Waals surface area (Å²) in [5.41, 5.74) is 0.915. The Morgan fingerprint density at radius 2 is 2.19 bits per heavy atom. The summed E-state index contributed by atoms with van der Waals surface area (Å²) in [6.45, 7) is 4.31. The lowest BCUT2D eigenvalue weighted by atomic mass is 9.70. The zero-order valence-electron chi connectivity index (χ0n) is 12.8. The van der Waals surface area contributed by atoms with E-state index in [2.05, 4.69) is 25.1 Å². The first-order chi connectivity index (χ1) is 10.1. The number of rotatable bonds is 5. The molecule has 0 unspecified atom stereocenters. The maximum atomic E-state index is 12.2. The second-order valence-corrected chi connectivity index (χ2v) is 6.19. The van der Waals surface area contributed by atoms with E-state index in [0.29, 0.717) is 12.5 Å². The summed E-state index contributed by atoms with van der Waals surface area (Å²) in [6.07, 6.45) is 3.68. The quantitative estimate of drug-likeness (QED) is 0.774. The van der Waals surface area contributed by atoms with Crippen LogP contribution in [0.25, 0.3) is 0 Å². The minimum Gasteiger partial charge on any atom is -0.465 e. The van der Waals surface area contributed by atoms with Crippen LogP contribution in [-0.4, -0.2) is 12.6 Å². The second-order valence-electron chi connectivity index (χ2n) is 6.19. The van der Waals surface area contributed by atoms with Crippen molar-refractivity contribution in [1.29, 1.82) is 5.26 Å². The van der Waals surface area contributed by atoms with Crippen LogP contribution < -0.4 is 0 Å². The van der Waals surface area contributed by atoms with Crippen LogP contribution in [0.1, 0.15) is 38.7 Å². The Bertz CT molecular complexity index is 520. The van der Waals surface area contributed by atoms with Gasteiger partial charge in [-0.15, -0.1) is 0 Å². The summed E-state index contributed by atoms with van der Waals surface area (Å²) >= 11 is 0. The molecule has 1 aromatic carbocycles. The molecule has 0 amide bonds. The van der Waals surface area contributed by atoms with E-state index in [1.807, 2.05) is 18.2 Å². The summed E-state index contributed by atoms with van der Waals surface area (Å²) in [5.74, 6) is -0.466. The van der Waals surface area contributed by atoms with Gasteiger partial charge in [-0.3, -0.25) is 4.79 Å². The first-order valence-corrected chi connectivity index (χ1v) is 7.71. The highest BCUT2D eigenvalue weighted by atomic mass is 16.5. The van der Waals surface area contributed by atoms with Crippen molar-refractivity contribution in [1.82, 2.24) is 0 Å². The predicted molar refractivity (Wildman–Crippen MR) is 81.3 cm³/mol. The molecular formula is C18H23NO2. The van der Waals surface area contributed by atoms with Gasteiger partial charge in [0.25, 0.3) is 0 Å². The lowest BCUT2D eigenvalue weighted by Gasteiger charge is -2.32. The summed E-state index contributed by atoms with van der Waals surface area (Å²) in [6, 6.07) is 12.4. The van der Waals surface area contributed by atoms with E-state index in [9.17, 15) is 10.1 Å². The van der Waals surface area contributed by atoms with Crippen LogP contribution in [0.3, 0.4) is 0 Å². The third kappa shape index (κ3) is 3.44. The molecule has 0 heterocycles. The van der Waals surface area contributed by atoms with E-state index in [-0.39, 0.29) is 11.4 Å². The van der Waals surface area contributed by atoms with E-state index in [0.717, 1.165) is 25.7 Å². The Morgan fingerprint density at radius 3 is 2.71 bits per heavy atom. The van der Waals surface area contributed by atoms with Crippen LogP contribution >= 0.6 is 0 Å². The van der Waals surface area contributed by atoms with Crippen molar-refractivity contribution in [2.45, 2.75) is 39.5 Å². The minimum atomic E-state index is -0.664. The van der Waals surface area contributed by atoms with Gasteiger partial charge in [0.15, 0.2) is 0 Å². The minimum absolute atomic E-state index is 0.276. The van der Waals surface area contributed by atoms with E-state index in [1.54, 1.807) is 6.92 Å². The zero-order valence-corrected chi connectivity index (χ0v) is 12.8. The zero-order chi connectivity index (χ0) is 15.3. The van der Waals surface area contributed by atoms with Crippen LogP contribution in [0, 0.1) is 28.6 Å². The fourth-order valence-corrected chi connectivity index (χ4v) is 3.62. The number of carbonyl (C=O) groups is 1. The van der Waals surface area contributed by atoms with Gasteiger partial charge in [0, 0.05) is 5.41 Å². The average Bonchev–Trinajstić information content (AvgIpc) is 2.83. The molecule has 0 aromatic heterocycles. The largest absolute Gasteiger partial charge is 0.465 e. The smallest absolute Gasteiger partial charge is 0.323 e. The molecule has 1 aromatic rings. The van der Waals surface area contributed by atoms with Crippen LogP contribution in [-0.2, 0) is 16.0 Å². The van der Waals surface area contributed by atoms with Gasteiger partial charge >= 0.3 is 5.97 Å². The maximum Gasteiger partial charge on any atom is 0.323 e. The normalized spacial score (nSPS) is 26.0. The molecule has 3 nitrogen and oxygen atoms in total. The first kappa shape index (κ1) is 15.6. The average molecular weight is 285 g/mol. The molecule has 2 rings (SSSR count). The highest BCUT2D eigenvalue weighted by Gasteiger charge is 2.48. The molecule has 3 heteroatoms. The fraction of sp³-hybridized carbons (Fsp3) is 0.556. The number of esters is 1. The monoisotopic (exact) mass is 285 g/mol. The predicted octanol–water partition coefficient (Wildman–Crippen LogP) is 3.74. The number of ether oxygens (including phenoxy) is 1. The number of nitriles is 1. The van der Waals surface area contributed by atoms with Crippen molar-refractivity contribution in [3.63, 3.8) is 0 Å². The molecule has 0 spiro atoms. The number of carbonyl (C=O) groups excluding carboxylic acids is 1. The molecule has 1 fully saturated rings. The Morgan fingerprint density at radius 1 is 1.48 bits per heavy atom. The molecule has 3 atom stereocenters. The lowest BCUT2D eigenvalue weighted by Crippen LogP contribution is -2.36. The maximum absolute atomic E-state index is 12.2. The molecule has 1 aliphatic rings. The van der Waals surface area contributed by atoms with E-state index in [4.69, 9.17) is 4.74 Å². The number of nitrogens with zero attached hydrogens (tertiary/aromatic N) is 1. The SMILES string of the molecule is CCOC(=O)[C@H](C#N)[C@]1(Cc2ccccc2)CC[C@@H](C)C1. The summed E-state index contributed by atoms with van der Waals surface area (Å²) < 4.78 is 5.14. The highest BCUT2D eigenvalue weighted by molar-refractivity contribution is 5.76. The molecule has 1 saturated carbocycles. The topological polar surface area (TPSA) is 50.1 Å². The lowest BCUT2D eigenvalue weighted by molar-refractivity contribution is -0.150. The van der Waals surface area contributed by atoms with Gasteiger partial charge in [0.1, 0.15) is 5.92 Å². The molecule has 0 N–H and O–H groups in total. The Labute approximate surface area is 126 Å². The van der Waals surface area contributed by atoms with Crippen LogP contribution in [0.5, 0.6) is 0 Å². The van der Waals surface area contributed by atoms with Gasteiger partial charge in [-0.2, -0.15) is 5.26 Å². The van der Waals surface area contributed by atoms with E-state index < -0.39 is 5.92 Å². The summed E-state index contributed by atoms with van der Waals surface area (Å²) in [7, 11) is 0. The third-order valence-electron chi connectivity index (χ3n) is 4.55. The first-order valence-electron chi connectivity index (χ1n) is 7.71. The van der Waals surface area contributed by atoms with Gasteiger partial charge in [-0.1, -0.05) is 43.7 Å². The van der Waals surface area contributed by atoms with Crippen molar-refractivity contribution < 1.29 is 9.53 Å². The molecule has 0 bridgehead atoms. The van der Waals surface area contributed by atoms with Crippen molar-refractivity contribution >= 4 is 5.97 Å². The Kier molecular flexibility index (Phi) is 5.01. The fourth-order valence-electron chi connectivity index (χ4n) is 3.62. The van der Waals surface area contributed by atoms with Crippen molar-refractivity contribution in [3.05, 3.63) is 35.9 Å². The number of hydrogen-bond donors (Lipinski definition) is 0. The summed E-state index contributed by atoms with van der Waals surface area (Å²) in [4.78, 5) is 12.2. The molecular weight excluding hydrogens is 262 g/mol. The number of hydrogen-bond acceptors (Lipinski definition) is 3. The van der Waals surface area contributed by atoms with Gasteiger partial charge < -0.3 is 4.74 Å². The molecule has 21 heavy (non-hydrogen) atoms. The Balaban J connectivity index is 2.29. The van der Waals surface area contributed by atoms with Crippen LogP contribution in [0.4, 0.5) is 0 Å². The summed E-state index contributed by atoms with van der Waals surface area (Å²) in [5, 5.41) is 9.56. The van der Waals surface area contributed by atoms with Crippen molar-refractivity contribution in [2.24, 2.45) is 17.3 Å². The van der Waals surface area contributed by atoms with Gasteiger partial charge in [-0.25, -0.2) is 0 Å². The van der Waals surface area contributed by atoms with E-state index in [1.165, 1.54) is 5.56 Å². The highest BCUT2D eigenvalue weighted by Crippen LogP contribution is 2.49. The van der Waals surface area contributed by atoms with Gasteiger partial charge in [0.05, 0.1) is 12.7 Å². The molecule has 112 valence electrons. The molecule has 0 radical (unpaired) electrons. The standard InChI is InChI=1S/C18H23NO2/c1-3-21-17(20)16(13-19)18(10-9-14(2)11-18)12-15-7-5-4-6-8-15/h4-8,14,16H,3,9-12H2,1-2H3/t14-,16+,18-/m1/s1. The molecule has 1 aliphatic carbocycles. The Hall–Kier alpha value is -1.82. The van der Waals surface area contributed by atoms with Crippen molar-refractivity contribution in [3.8, 4) is 6.07 Å². The van der Waals surface area contributed by atoms with Crippen LogP contribution in [0.2, 0.25) is 0 Å². The van der Waals surface area contributed by atoms with Crippen molar-refractivity contribution in [2.75, 3.05) is 6.61 Å². The van der Waals surface area contributed by atoms with E-state index >= 15 is 0 Å². The van der Waals surface area contributed by atoms with Gasteiger partial charge in [-0.05, 0) is 37.7 Å². The van der Waals surface area contributed by atoms with Gasteiger partial charge in [0.2, 0.25) is 0 Å². The third-order valence-corrected chi connectivity index (χ3v) is 4.55.